The van der Waals surface area contributed by atoms with Crippen LogP contribution < -0.4 is 4.74 Å². The van der Waals surface area contributed by atoms with Gasteiger partial charge in [-0.1, -0.05) is 12.1 Å². The van der Waals surface area contributed by atoms with Crippen molar-refractivity contribution in [1.29, 1.82) is 0 Å². The Morgan fingerprint density at radius 2 is 1.64 bits per heavy atom. The predicted octanol–water partition coefficient (Wildman–Crippen LogP) is 2.22. The van der Waals surface area contributed by atoms with Crippen LogP contribution in [0.4, 0.5) is 0 Å². The molecule has 4 rings (SSSR count). The number of hydrogen-bond donors (Lipinski definition) is 0. The van der Waals surface area contributed by atoms with Gasteiger partial charge in [0.05, 0.1) is 29.6 Å². The molecule has 0 aliphatic carbocycles. The molecule has 0 saturated carbocycles. The fraction of sp³-hybridized carbons (Fsp3) is 0.476. The lowest BCUT2D eigenvalue weighted by Gasteiger charge is -2.35. The van der Waals surface area contributed by atoms with Gasteiger partial charge in [-0.05, 0) is 38.3 Å². The Morgan fingerprint density at radius 3 is 2.36 bits per heavy atom. The van der Waals surface area contributed by atoms with E-state index in [0.29, 0.717) is 44.1 Å². The highest BCUT2D eigenvalue weighted by molar-refractivity contribution is 5.98. The molecule has 2 amide bonds. The van der Waals surface area contributed by atoms with E-state index in [1.807, 2.05) is 34.7 Å². The lowest BCUT2D eigenvalue weighted by Crippen LogP contribution is -2.50. The van der Waals surface area contributed by atoms with Crippen LogP contribution in [0.5, 0.6) is 5.75 Å². The molecule has 2 aliphatic rings. The van der Waals surface area contributed by atoms with Crippen molar-refractivity contribution in [2.75, 3.05) is 32.8 Å². The summed E-state index contributed by atoms with van der Waals surface area (Å²) in [6.07, 6.45) is 4.84. The van der Waals surface area contributed by atoms with Gasteiger partial charge in [0.15, 0.2) is 0 Å². The van der Waals surface area contributed by atoms with Crippen LogP contribution in [-0.4, -0.2) is 64.2 Å². The van der Waals surface area contributed by atoms with Gasteiger partial charge in [0, 0.05) is 32.7 Å². The van der Waals surface area contributed by atoms with Gasteiger partial charge in [0.2, 0.25) is 0 Å². The van der Waals surface area contributed by atoms with Gasteiger partial charge in [-0.3, -0.25) is 14.3 Å². The summed E-state index contributed by atoms with van der Waals surface area (Å²) in [4.78, 5) is 29.5. The van der Waals surface area contributed by atoms with Crippen LogP contribution in [-0.2, 0) is 13.0 Å². The molecule has 1 aromatic carbocycles. The number of benzene rings is 1. The number of hydrogen-bond acceptors (Lipinski definition) is 4. The third-order valence-corrected chi connectivity index (χ3v) is 5.48. The SMILES string of the molecule is CCOc1ccccc1C(=O)N1CCN(C(=O)c2cnn3c2CCCC3)CC1. The van der Waals surface area contributed by atoms with E-state index in [9.17, 15) is 9.59 Å². The van der Waals surface area contributed by atoms with Crippen LogP contribution in [0, 0.1) is 0 Å². The third kappa shape index (κ3) is 3.48. The zero-order chi connectivity index (χ0) is 19.5. The molecule has 28 heavy (non-hydrogen) atoms. The fourth-order valence-corrected chi connectivity index (χ4v) is 3.98. The number of aromatic nitrogens is 2. The normalized spacial score (nSPS) is 16.6. The van der Waals surface area contributed by atoms with Crippen molar-refractivity contribution in [2.24, 2.45) is 0 Å². The summed E-state index contributed by atoms with van der Waals surface area (Å²) in [6.45, 7) is 5.43. The highest BCUT2D eigenvalue weighted by Crippen LogP contribution is 2.22. The Hall–Kier alpha value is -2.83. The summed E-state index contributed by atoms with van der Waals surface area (Å²) in [6, 6.07) is 7.33. The van der Waals surface area contributed by atoms with E-state index >= 15 is 0 Å². The van der Waals surface area contributed by atoms with E-state index in [4.69, 9.17) is 4.74 Å². The zero-order valence-corrected chi connectivity index (χ0v) is 16.3. The highest BCUT2D eigenvalue weighted by Gasteiger charge is 2.29. The number of amides is 2. The fourth-order valence-electron chi connectivity index (χ4n) is 3.98. The van der Waals surface area contributed by atoms with Gasteiger partial charge < -0.3 is 14.5 Å². The number of aryl methyl sites for hydroxylation is 1. The number of fused-ring (bicyclic) bond motifs is 1. The van der Waals surface area contributed by atoms with Gasteiger partial charge in [0.25, 0.3) is 11.8 Å². The molecular formula is C21H26N4O3. The quantitative estimate of drug-likeness (QED) is 0.813. The van der Waals surface area contributed by atoms with Crippen molar-refractivity contribution in [3.63, 3.8) is 0 Å². The number of rotatable bonds is 4. The van der Waals surface area contributed by atoms with E-state index in [1.165, 1.54) is 0 Å². The van der Waals surface area contributed by atoms with Crippen molar-refractivity contribution in [1.82, 2.24) is 19.6 Å². The van der Waals surface area contributed by atoms with E-state index in [2.05, 4.69) is 5.10 Å². The summed E-state index contributed by atoms with van der Waals surface area (Å²) in [5.74, 6) is 0.601. The Kier molecular flexibility index (Phi) is 5.32. The molecule has 2 aliphatic heterocycles. The van der Waals surface area contributed by atoms with Gasteiger partial charge in [-0.25, -0.2) is 0 Å². The maximum absolute atomic E-state index is 13.0. The molecule has 0 spiro atoms. The number of nitrogens with zero attached hydrogens (tertiary/aromatic N) is 4. The summed E-state index contributed by atoms with van der Waals surface area (Å²) in [5.41, 5.74) is 2.36. The number of ether oxygens (including phenoxy) is 1. The van der Waals surface area contributed by atoms with Gasteiger partial charge in [0.1, 0.15) is 5.75 Å². The maximum Gasteiger partial charge on any atom is 0.257 e. The minimum absolute atomic E-state index is 0.0324. The first-order valence-corrected chi connectivity index (χ1v) is 10.0. The molecule has 1 aromatic heterocycles. The van der Waals surface area contributed by atoms with Crippen molar-refractivity contribution >= 4 is 11.8 Å². The Balaban J connectivity index is 1.41. The Labute approximate surface area is 164 Å². The first kappa shape index (κ1) is 18.5. The second kappa shape index (κ2) is 8.04. The zero-order valence-electron chi connectivity index (χ0n) is 16.3. The number of para-hydroxylation sites is 1. The van der Waals surface area contributed by atoms with E-state index in [0.717, 1.165) is 37.1 Å². The molecule has 3 heterocycles. The second-order valence-electron chi connectivity index (χ2n) is 7.20. The third-order valence-electron chi connectivity index (χ3n) is 5.48. The maximum atomic E-state index is 13.0. The molecule has 0 bridgehead atoms. The monoisotopic (exact) mass is 382 g/mol. The molecule has 7 nitrogen and oxygen atoms in total. The average Bonchev–Trinajstić information content (AvgIpc) is 3.18. The summed E-state index contributed by atoms with van der Waals surface area (Å²) >= 11 is 0. The van der Waals surface area contributed by atoms with Gasteiger partial charge >= 0.3 is 0 Å². The smallest absolute Gasteiger partial charge is 0.257 e. The molecule has 2 aromatic rings. The molecule has 0 atom stereocenters. The first-order valence-electron chi connectivity index (χ1n) is 10.0. The van der Waals surface area contributed by atoms with Crippen molar-refractivity contribution in [3.05, 3.63) is 47.3 Å². The molecule has 0 N–H and O–H groups in total. The Morgan fingerprint density at radius 1 is 0.964 bits per heavy atom. The molecule has 7 heteroatoms. The number of piperazine rings is 1. The standard InChI is InChI=1S/C21H26N4O3/c1-2-28-19-9-4-3-7-16(19)20(26)23-11-13-24(14-12-23)21(27)17-15-22-25-10-6-5-8-18(17)25/h3-4,7,9,15H,2,5-6,8,10-14H2,1H3. The number of carbonyl (C=O) groups is 2. The average molecular weight is 382 g/mol. The van der Waals surface area contributed by atoms with Gasteiger partial charge in [-0.15, -0.1) is 0 Å². The van der Waals surface area contributed by atoms with Crippen LogP contribution in [0.3, 0.4) is 0 Å². The van der Waals surface area contributed by atoms with Crippen LogP contribution in [0.2, 0.25) is 0 Å². The molecule has 1 fully saturated rings. The van der Waals surface area contributed by atoms with Crippen molar-refractivity contribution in [3.8, 4) is 5.75 Å². The first-order chi connectivity index (χ1) is 13.7. The van der Waals surface area contributed by atoms with Crippen molar-refractivity contribution < 1.29 is 14.3 Å². The summed E-state index contributed by atoms with van der Waals surface area (Å²) in [7, 11) is 0. The second-order valence-corrected chi connectivity index (χ2v) is 7.20. The van der Waals surface area contributed by atoms with Crippen LogP contribution in [0.25, 0.3) is 0 Å². The lowest BCUT2D eigenvalue weighted by atomic mass is 10.1. The van der Waals surface area contributed by atoms with E-state index in [-0.39, 0.29) is 11.8 Å². The molecule has 0 radical (unpaired) electrons. The van der Waals surface area contributed by atoms with Crippen LogP contribution >= 0.6 is 0 Å². The minimum Gasteiger partial charge on any atom is -0.493 e. The topological polar surface area (TPSA) is 67.7 Å². The van der Waals surface area contributed by atoms with Crippen LogP contribution in [0.1, 0.15) is 46.2 Å². The molecule has 0 unspecified atom stereocenters. The molecule has 148 valence electrons. The number of carbonyl (C=O) groups excluding carboxylic acids is 2. The summed E-state index contributed by atoms with van der Waals surface area (Å²) < 4.78 is 7.55. The minimum atomic E-state index is -0.0425. The molecule has 1 saturated heterocycles. The highest BCUT2D eigenvalue weighted by atomic mass is 16.5. The van der Waals surface area contributed by atoms with Gasteiger partial charge in [-0.2, -0.15) is 5.10 Å². The lowest BCUT2D eigenvalue weighted by molar-refractivity contribution is 0.0532. The molecular weight excluding hydrogens is 356 g/mol. The van der Waals surface area contributed by atoms with Crippen molar-refractivity contribution in [2.45, 2.75) is 32.7 Å². The van der Waals surface area contributed by atoms with Crippen LogP contribution in [0.15, 0.2) is 30.5 Å². The largest absolute Gasteiger partial charge is 0.493 e. The Bertz CT molecular complexity index is 868. The van der Waals surface area contributed by atoms with E-state index < -0.39 is 0 Å². The predicted molar refractivity (Wildman–Crippen MR) is 105 cm³/mol. The van der Waals surface area contributed by atoms with E-state index in [1.54, 1.807) is 17.2 Å². The summed E-state index contributed by atoms with van der Waals surface area (Å²) in [5, 5.41) is 4.37.